The van der Waals surface area contributed by atoms with Crippen LogP contribution in [0.2, 0.25) is 0 Å². The molecule has 3 rings (SSSR count). The molecule has 0 saturated heterocycles. The third-order valence-corrected chi connectivity index (χ3v) is 4.72. The predicted octanol–water partition coefficient (Wildman–Crippen LogP) is 4.65. The molecule has 0 aliphatic carbocycles. The molecule has 5 nitrogen and oxygen atoms in total. The summed E-state index contributed by atoms with van der Waals surface area (Å²) in [6.45, 7) is 5.53. The number of nitrogens with one attached hydrogen (secondary N) is 1. The average molecular weight is 402 g/mol. The summed E-state index contributed by atoms with van der Waals surface area (Å²) in [5, 5.41) is 21.2. The van der Waals surface area contributed by atoms with E-state index in [1.54, 1.807) is 25.3 Å². The highest BCUT2D eigenvalue weighted by atomic mass is 16.3. The number of aryl methyl sites for hydroxylation is 2. The topological polar surface area (TPSA) is 86.0 Å². The molecule has 5 heteroatoms. The van der Waals surface area contributed by atoms with Crippen LogP contribution in [-0.2, 0) is 0 Å². The Hall–Kier alpha value is -3.49. The molecule has 1 heterocycles. The lowest BCUT2D eigenvalue weighted by Gasteiger charge is -2.14. The van der Waals surface area contributed by atoms with Crippen molar-refractivity contribution >= 4 is 5.91 Å². The number of pyridine rings is 1. The van der Waals surface area contributed by atoms with Crippen LogP contribution in [0.15, 0.2) is 54.7 Å². The number of nitriles is 1. The molecule has 0 unspecified atom stereocenters. The Bertz CT molecular complexity index is 1080. The number of carbonyl (C=O) groups excluding carboxylic acids is 1. The van der Waals surface area contributed by atoms with Crippen molar-refractivity contribution in [1.29, 1.82) is 5.26 Å². The maximum absolute atomic E-state index is 12.7. The summed E-state index contributed by atoms with van der Waals surface area (Å²) in [4.78, 5) is 17.2. The molecule has 0 saturated carbocycles. The van der Waals surface area contributed by atoms with E-state index in [4.69, 9.17) is 5.26 Å². The molecular formula is C25H27N3O2. The third kappa shape index (κ3) is 5.11. The van der Waals surface area contributed by atoms with Gasteiger partial charge in [-0.05, 0) is 79.4 Å². The number of rotatable bonds is 5. The molecule has 0 spiro atoms. The van der Waals surface area contributed by atoms with E-state index in [2.05, 4.69) is 16.4 Å². The molecule has 2 N–H and O–H groups in total. The van der Waals surface area contributed by atoms with E-state index in [1.807, 2.05) is 50.2 Å². The summed E-state index contributed by atoms with van der Waals surface area (Å²) in [6, 6.07) is 16.8. The molecule has 30 heavy (non-hydrogen) atoms. The number of hydrogen-bond acceptors (Lipinski definition) is 4. The highest BCUT2D eigenvalue weighted by Gasteiger charge is 2.14. The van der Waals surface area contributed by atoms with Crippen LogP contribution in [0.25, 0.3) is 22.4 Å². The van der Waals surface area contributed by atoms with E-state index in [0.29, 0.717) is 11.1 Å². The normalized spacial score (nSPS) is 11.2. The molecular weight excluding hydrogens is 374 g/mol. The Morgan fingerprint density at radius 2 is 1.87 bits per heavy atom. The molecule has 0 aliphatic rings. The fourth-order valence-corrected chi connectivity index (χ4v) is 3.11. The van der Waals surface area contributed by atoms with Gasteiger partial charge < -0.3 is 10.4 Å². The molecule has 0 bridgehead atoms. The highest BCUT2D eigenvalue weighted by molar-refractivity contribution is 5.97. The van der Waals surface area contributed by atoms with Gasteiger partial charge in [0, 0.05) is 23.4 Å². The zero-order valence-corrected chi connectivity index (χ0v) is 16.7. The Kier molecular flexibility index (Phi) is 7.46. The quantitative estimate of drug-likeness (QED) is 0.651. The van der Waals surface area contributed by atoms with E-state index in [9.17, 15) is 9.90 Å². The van der Waals surface area contributed by atoms with Gasteiger partial charge in [-0.15, -0.1) is 0 Å². The van der Waals surface area contributed by atoms with Crippen LogP contribution in [0.5, 0.6) is 0 Å². The number of carbonyl (C=O) groups is 1. The summed E-state index contributed by atoms with van der Waals surface area (Å²) in [5.74, 6) is -0.256. The van der Waals surface area contributed by atoms with Gasteiger partial charge in [-0.25, -0.2) is 0 Å². The second kappa shape index (κ2) is 9.82. The minimum Gasteiger partial charge on any atom is -0.394 e. The van der Waals surface area contributed by atoms with Gasteiger partial charge in [-0.1, -0.05) is 19.6 Å². The maximum Gasteiger partial charge on any atom is 0.251 e. The van der Waals surface area contributed by atoms with E-state index in [1.165, 1.54) is 0 Å². The fourth-order valence-electron chi connectivity index (χ4n) is 3.11. The summed E-state index contributed by atoms with van der Waals surface area (Å²) in [6.07, 6.45) is 1.79. The van der Waals surface area contributed by atoms with Crippen molar-refractivity contribution in [2.24, 2.45) is 0 Å². The monoisotopic (exact) mass is 401 g/mol. The first-order valence-electron chi connectivity index (χ1n) is 9.42. The van der Waals surface area contributed by atoms with Crippen molar-refractivity contribution in [2.45, 2.75) is 34.2 Å². The molecule has 2 aromatic carbocycles. The summed E-state index contributed by atoms with van der Waals surface area (Å²) >= 11 is 0. The average Bonchev–Trinajstić information content (AvgIpc) is 2.73. The number of hydrogen-bond donors (Lipinski definition) is 2. The molecule has 0 aliphatic heterocycles. The van der Waals surface area contributed by atoms with Crippen LogP contribution in [0.4, 0.5) is 0 Å². The molecule has 0 radical (unpaired) electrons. The van der Waals surface area contributed by atoms with Crippen molar-refractivity contribution in [3.05, 3.63) is 77.0 Å². The van der Waals surface area contributed by atoms with Crippen LogP contribution in [0.1, 0.15) is 41.4 Å². The van der Waals surface area contributed by atoms with Gasteiger partial charge in [0.05, 0.1) is 23.9 Å². The number of amides is 1. The first-order valence-corrected chi connectivity index (χ1v) is 9.42. The van der Waals surface area contributed by atoms with Gasteiger partial charge in [0.1, 0.15) is 0 Å². The minimum absolute atomic E-state index is 0. The highest BCUT2D eigenvalue weighted by Crippen LogP contribution is 2.30. The predicted molar refractivity (Wildman–Crippen MR) is 120 cm³/mol. The van der Waals surface area contributed by atoms with Gasteiger partial charge in [-0.3, -0.25) is 9.78 Å². The lowest BCUT2D eigenvalue weighted by atomic mass is 9.94. The smallest absolute Gasteiger partial charge is 0.251 e. The first kappa shape index (κ1) is 22.8. The van der Waals surface area contributed by atoms with Gasteiger partial charge in [-0.2, -0.15) is 5.26 Å². The molecule has 154 valence electrons. The number of benzene rings is 2. The van der Waals surface area contributed by atoms with E-state index < -0.39 is 0 Å². The van der Waals surface area contributed by atoms with Crippen LogP contribution in [0, 0.1) is 25.2 Å². The van der Waals surface area contributed by atoms with E-state index in [-0.39, 0.29) is 26.0 Å². The second-order valence-electron chi connectivity index (χ2n) is 7.22. The van der Waals surface area contributed by atoms with Crippen molar-refractivity contribution in [3.63, 3.8) is 0 Å². The fraction of sp³-hybridized carbons (Fsp3) is 0.240. The van der Waals surface area contributed by atoms with Gasteiger partial charge in [0.15, 0.2) is 0 Å². The second-order valence-corrected chi connectivity index (χ2v) is 7.22. The van der Waals surface area contributed by atoms with Crippen molar-refractivity contribution in [1.82, 2.24) is 10.3 Å². The Balaban J connectivity index is 0.00000320. The number of aliphatic hydroxyl groups excluding tert-OH is 1. The number of nitrogens with zero attached hydrogens (tertiary/aromatic N) is 2. The molecule has 3 aromatic rings. The summed E-state index contributed by atoms with van der Waals surface area (Å²) < 4.78 is 0. The van der Waals surface area contributed by atoms with Crippen molar-refractivity contribution in [2.75, 3.05) is 6.61 Å². The lowest BCUT2D eigenvalue weighted by Crippen LogP contribution is -2.35. The largest absolute Gasteiger partial charge is 0.394 e. The lowest BCUT2D eigenvalue weighted by molar-refractivity contribution is 0.0922. The number of aliphatic hydroxyl groups is 1. The number of aromatic nitrogens is 1. The van der Waals surface area contributed by atoms with Crippen LogP contribution in [-0.4, -0.2) is 28.6 Å². The molecule has 1 amide bonds. The molecule has 1 atom stereocenters. The third-order valence-electron chi connectivity index (χ3n) is 4.72. The van der Waals surface area contributed by atoms with Gasteiger partial charge in [0.2, 0.25) is 0 Å². The van der Waals surface area contributed by atoms with Crippen LogP contribution >= 0.6 is 0 Å². The maximum atomic E-state index is 12.7. The Morgan fingerprint density at radius 3 is 2.47 bits per heavy atom. The first-order chi connectivity index (χ1) is 13.9. The van der Waals surface area contributed by atoms with Crippen molar-refractivity contribution < 1.29 is 9.90 Å². The van der Waals surface area contributed by atoms with Gasteiger partial charge in [0.25, 0.3) is 5.91 Å². The zero-order valence-electron chi connectivity index (χ0n) is 16.7. The van der Waals surface area contributed by atoms with Gasteiger partial charge >= 0.3 is 0 Å². The minimum atomic E-state index is -0.344. The molecule has 1 aromatic heterocycles. The molecule has 0 fully saturated rings. The van der Waals surface area contributed by atoms with Crippen molar-refractivity contribution in [3.8, 4) is 28.5 Å². The standard InChI is InChI=1S/C24H23N3O2.CH4/c1-15-4-7-23(26-13-15)20-9-19(22-6-5-18(12-25)8-16(22)2)10-21(11-20)24(29)27-17(3)14-28;/h4-11,13,17,28H,14H2,1-3H3,(H,27,29);1H4/t17-;/m0./s1. The van der Waals surface area contributed by atoms with E-state index >= 15 is 0 Å². The SMILES string of the molecule is C.Cc1ccc(-c2cc(C(=O)N[C@@H](C)CO)cc(-c3ccc(C#N)cc3C)c2)nc1. The van der Waals surface area contributed by atoms with Crippen LogP contribution in [0.3, 0.4) is 0 Å². The van der Waals surface area contributed by atoms with Crippen LogP contribution < -0.4 is 5.32 Å². The summed E-state index contributed by atoms with van der Waals surface area (Å²) in [7, 11) is 0. The Labute approximate surface area is 178 Å². The zero-order chi connectivity index (χ0) is 21.0. The summed E-state index contributed by atoms with van der Waals surface area (Å²) in [5.41, 5.74) is 6.51. The Morgan fingerprint density at radius 1 is 1.13 bits per heavy atom. The van der Waals surface area contributed by atoms with E-state index in [0.717, 1.165) is 33.5 Å².